The molecule has 2 atom stereocenters. The summed E-state index contributed by atoms with van der Waals surface area (Å²) in [5.74, 6) is 3.35. The normalized spacial score (nSPS) is 15.4. The Morgan fingerprint density at radius 2 is 2.16 bits per heavy atom. The zero-order chi connectivity index (χ0) is 14.5. The molecule has 0 saturated heterocycles. The Morgan fingerprint density at radius 1 is 1.47 bits per heavy atom. The summed E-state index contributed by atoms with van der Waals surface area (Å²) in [7, 11) is 1.25. The summed E-state index contributed by atoms with van der Waals surface area (Å²) < 4.78 is 4.75. The highest BCUT2D eigenvalue weighted by atomic mass is 32.1. The lowest BCUT2D eigenvalue weighted by molar-refractivity contribution is -0.174. The smallest absolute Gasteiger partial charge is 0.341 e. The lowest BCUT2D eigenvalue weighted by Crippen LogP contribution is -2.46. The van der Waals surface area contributed by atoms with Crippen LogP contribution in [-0.2, 0) is 25.6 Å². The summed E-state index contributed by atoms with van der Waals surface area (Å²) >= 11 is 1.59. The molecule has 0 aliphatic carbocycles. The highest BCUT2D eigenvalue weighted by molar-refractivity contribution is 7.09. The average Bonchev–Trinajstić information content (AvgIpc) is 2.94. The third-order valence-corrected chi connectivity index (χ3v) is 4.38. The van der Waals surface area contributed by atoms with Crippen LogP contribution in [0.2, 0.25) is 0 Å². The maximum Gasteiger partial charge on any atom is 0.341 e. The molecule has 0 saturated carbocycles. The number of nitrogens with two attached hydrogens (primary N) is 1. The summed E-state index contributed by atoms with van der Waals surface area (Å²) in [5.41, 5.74) is -1.39. The molecule has 1 rings (SSSR count). The molecule has 1 aromatic rings. The fourth-order valence-electron chi connectivity index (χ4n) is 2.18. The number of methoxy groups -OCH3 is 1. The molecule has 5 nitrogen and oxygen atoms in total. The van der Waals surface area contributed by atoms with Gasteiger partial charge in [0.25, 0.3) is 0 Å². The predicted molar refractivity (Wildman–Crippen MR) is 72.2 cm³/mol. The molecule has 0 aliphatic heterocycles. The monoisotopic (exact) mass is 285 g/mol. The van der Waals surface area contributed by atoms with E-state index in [1.807, 2.05) is 24.4 Å². The first-order chi connectivity index (χ1) is 9.00. The molecule has 0 amide bonds. The Morgan fingerprint density at radius 3 is 2.58 bits per heavy atom. The van der Waals surface area contributed by atoms with E-state index in [0.717, 1.165) is 4.88 Å². The molecule has 19 heavy (non-hydrogen) atoms. The van der Waals surface area contributed by atoms with Crippen LogP contribution in [0, 0.1) is 11.3 Å². The number of carbonyl (C=O) groups excluding carboxylic acids is 2. The van der Waals surface area contributed by atoms with Gasteiger partial charge in [-0.3, -0.25) is 4.79 Å². The average molecular weight is 285 g/mol. The minimum atomic E-state index is -1.39. The molecular formula is C13H19NO4S. The van der Waals surface area contributed by atoms with Gasteiger partial charge in [-0.2, -0.15) is 5.90 Å². The van der Waals surface area contributed by atoms with Crippen molar-refractivity contribution in [2.75, 3.05) is 7.11 Å². The number of thiophene rings is 1. The lowest BCUT2D eigenvalue weighted by Gasteiger charge is -2.31. The van der Waals surface area contributed by atoms with E-state index >= 15 is 0 Å². The third kappa shape index (κ3) is 3.13. The van der Waals surface area contributed by atoms with Crippen molar-refractivity contribution in [3.63, 3.8) is 0 Å². The zero-order valence-electron chi connectivity index (χ0n) is 11.3. The van der Waals surface area contributed by atoms with Gasteiger partial charge >= 0.3 is 11.9 Å². The molecule has 0 aliphatic rings. The van der Waals surface area contributed by atoms with Crippen LogP contribution >= 0.6 is 11.3 Å². The van der Waals surface area contributed by atoms with Crippen LogP contribution in [0.1, 0.15) is 25.1 Å². The maximum absolute atomic E-state index is 12.0. The Bertz CT molecular complexity index is 414. The van der Waals surface area contributed by atoms with Crippen LogP contribution in [0.15, 0.2) is 17.5 Å². The van der Waals surface area contributed by atoms with Gasteiger partial charge in [0.2, 0.25) is 0 Å². The maximum atomic E-state index is 12.0. The van der Waals surface area contributed by atoms with Gasteiger partial charge in [0, 0.05) is 4.88 Å². The third-order valence-electron chi connectivity index (χ3n) is 3.48. The van der Waals surface area contributed by atoms with Crippen molar-refractivity contribution in [1.29, 1.82) is 0 Å². The summed E-state index contributed by atoms with van der Waals surface area (Å²) in [4.78, 5) is 29.3. The number of ether oxygens (including phenoxy) is 1. The topological polar surface area (TPSA) is 78.6 Å². The molecular weight excluding hydrogens is 266 g/mol. The molecule has 6 heteroatoms. The van der Waals surface area contributed by atoms with Crippen LogP contribution in [0.5, 0.6) is 0 Å². The van der Waals surface area contributed by atoms with Gasteiger partial charge in [0.05, 0.1) is 7.11 Å². The highest BCUT2D eigenvalue weighted by Crippen LogP contribution is 2.36. The SMILES string of the molecule is CCC(Cc1cccs1)C(C)(C(=O)OC)C(=O)ON. The van der Waals surface area contributed by atoms with Gasteiger partial charge in [-0.1, -0.05) is 19.4 Å². The van der Waals surface area contributed by atoms with Crippen LogP contribution < -0.4 is 5.90 Å². The first-order valence-corrected chi connectivity index (χ1v) is 6.90. The largest absolute Gasteiger partial charge is 0.468 e. The Labute approximate surface area is 116 Å². The van der Waals surface area contributed by atoms with Gasteiger partial charge < -0.3 is 9.57 Å². The lowest BCUT2D eigenvalue weighted by atomic mass is 9.73. The number of carbonyl (C=O) groups is 2. The van der Waals surface area contributed by atoms with Gasteiger partial charge in [0.15, 0.2) is 5.41 Å². The number of esters is 1. The van der Waals surface area contributed by atoms with Crippen molar-refractivity contribution in [1.82, 2.24) is 0 Å². The molecule has 0 aromatic carbocycles. The summed E-state index contributed by atoms with van der Waals surface area (Å²) in [6.07, 6.45) is 1.24. The quantitative estimate of drug-likeness (QED) is 0.491. The van der Waals surface area contributed by atoms with Crippen molar-refractivity contribution >= 4 is 23.3 Å². The molecule has 0 spiro atoms. The first-order valence-electron chi connectivity index (χ1n) is 6.02. The van der Waals surface area contributed by atoms with E-state index in [2.05, 4.69) is 4.84 Å². The van der Waals surface area contributed by atoms with Crippen LogP contribution in [0.3, 0.4) is 0 Å². The Hall–Kier alpha value is -1.40. The van der Waals surface area contributed by atoms with E-state index in [1.54, 1.807) is 11.3 Å². The molecule has 1 heterocycles. The summed E-state index contributed by atoms with van der Waals surface area (Å²) in [6.45, 7) is 3.44. The van der Waals surface area contributed by atoms with Gasteiger partial charge in [-0.25, -0.2) is 4.79 Å². The van der Waals surface area contributed by atoms with Crippen LogP contribution in [0.25, 0.3) is 0 Å². The van der Waals surface area contributed by atoms with Crippen molar-refractivity contribution in [2.24, 2.45) is 17.2 Å². The Balaban J connectivity index is 3.06. The van der Waals surface area contributed by atoms with E-state index in [9.17, 15) is 9.59 Å². The minimum absolute atomic E-state index is 0.227. The minimum Gasteiger partial charge on any atom is -0.468 e. The van der Waals surface area contributed by atoms with Crippen molar-refractivity contribution < 1.29 is 19.2 Å². The van der Waals surface area contributed by atoms with Crippen LogP contribution in [0.4, 0.5) is 0 Å². The van der Waals surface area contributed by atoms with Crippen molar-refractivity contribution in [3.8, 4) is 0 Å². The van der Waals surface area contributed by atoms with E-state index in [1.165, 1.54) is 14.0 Å². The second-order valence-corrected chi connectivity index (χ2v) is 5.52. The van der Waals surface area contributed by atoms with E-state index < -0.39 is 17.4 Å². The fourth-order valence-corrected chi connectivity index (χ4v) is 2.97. The predicted octanol–water partition coefficient (Wildman–Crippen LogP) is 1.91. The number of rotatable bonds is 6. The fraction of sp³-hybridized carbons (Fsp3) is 0.538. The summed E-state index contributed by atoms with van der Waals surface area (Å²) in [5, 5.41) is 1.96. The first kappa shape index (κ1) is 15.7. The molecule has 0 fully saturated rings. The van der Waals surface area contributed by atoms with Gasteiger partial charge in [0.1, 0.15) is 0 Å². The van der Waals surface area contributed by atoms with Crippen molar-refractivity contribution in [2.45, 2.75) is 26.7 Å². The summed E-state index contributed by atoms with van der Waals surface area (Å²) in [6, 6.07) is 3.91. The molecule has 1 aromatic heterocycles. The second-order valence-electron chi connectivity index (χ2n) is 4.49. The molecule has 106 valence electrons. The Kier molecular flexibility index (Phi) is 5.50. The number of hydrogen-bond donors (Lipinski definition) is 1. The molecule has 0 bridgehead atoms. The van der Waals surface area contributed by atoms with E-state index in [4.69, 9.17) is 10.6 Å². The highest BCUT2D eigenvalue weighted by Gasteiger charge is 2.50. The van der Waals surface area contributed by atoms with Gasteiger partial charge in [-0.15, -0.1) is 11.3 Å². The van der Waals surface area contributed by atoms with E-state index in [-0.39, 0.29) is 5.92 Å². The molecule has 0 radical (unpaired) electrons. The zero-order valence-corrected chi connectivity index (χ0v) is 12.2. The van der Waals surface area contributed by atoms with Crippen molar-refractivity contribution in [3.05, 3.63) is 22.4 Å². The standard InChI is InChI=1S/C13H19NO4S/c1-4-9(8-10-6-5-7-19-10)13(2,11(15)17-3)12(16)18-14/h5-7,9H,4,8,14H2,1-3H3. The molecule has 2 unspecified atom stereocenters. The van der Waals surface area contributed by atoms with Crippen LogP contribution in [-0.4, -0.2) is 19.0 Å². The second kappa shape index (κ2) is 6.68. The van der Waals surface area contributed by atoms with E-state index in [0.29, 0.717) is 12.8 Å². The molecule has 2 N–H and O–H groups in total. The van der Waals surface area contributed by atoms with Gasteiger partial charge in [-0.05, 0) is 30.7 Å². The number of hydrogen-bond acceptors (Lipinski definition) is 6.